The first-order valence-electron chi connectivity index (χ1n) is 19.2. The number of carbonyl (C=O) groups is 1. The molecule has 2 bridgehead atoms. The molecule has 47 heavy (non-hydrogen) atoms. The van der Waals surface area contributed by atoms with E-state index in [1.807, 2.05) is 0 Å². The maximum atomic E-state index is 14.4. The molecule has 2 aliphatic heterocycles. The molecule has 0 radical (unpaired) electrons. The Hall–Kier alpha value is -2.73. The Morgan fingerprint density at radius 2 is 1.85 bits per heavy atom. The molecular formula is C41H56N2O4. The number of benzene rings is 2. The fraction of sp³-hybridized carbons (Fsp3) is 0.683. The minimum absolute atomic E-state index is 0.0358. The van der Waals surface area contributed by atoms with Gasteiger partial charge in [-0.3, -0.25) is 9.69 Å². The van der Waals surface area contributed by atoms with E-state index in [1.165, 1.54) is 69.0 Å². The molecule has 6 nitrogen and oxygen atoms in total. The lowest BCUT2D eigenvalue weighted by molar-refractivity contribution is -0.143. The fourth-order valence-corrected chi connectivity index (χ4v) is 10.9. The van der Waals surface area contributed by atoms with Crippen LogP contribution in [-0.4, -0.2) is 65.7 Å². The van der Waals surface area contributed by atoms with Crippen LogP contribution in [0.1, 0.15) is 113 Å². The number of phenolic OH excluding ortho intramolecular Hbond substituents is 1. The number of ether oxygens (including phenoxy) is 2. The van der Waals surface area contributed by atoms with Crippen molar-refractivity contribution in [2.45, 2.75) is 133 Å². The van der Waals surface area contributed by atoms with E-state index in [2.05, 4.69) is 40.1 Å². The highest BCUT2D eigenvalue weighted by Gasteiger charge is 2.67. The minimum Gasteiger partial charge on any atom is -0.508 e. The van der Waals surface area contributed by atoms with Crippen molar-refractivity contribution < 1.29 is 19.4 Å². The number of hydrogen-bond donors (Lipinski definition) is 1. The fourth-order valence-electron chi connectivity index (χ4n) is 10.9. The Morgan fingerprint density at radius 3 is 2.64 bits per heavy atom. The summed E-state index contributed by atoms with van der Waals surface area (Å²) in [7, 11) is 1.69. The van der Waals surface area contributed by atoms with Crippen molar-refractivity contribution in [3.05, 3.63) is 53.1 Å². The molecule has 2 heterocycles. The minimum atomic E-state index is -0.179. The van der Waals surface area contributed by atoms with Gasteiger partial charge in [-0.15, -0.1) is 0 Å². The highest BCUT2D eigenvalue weighted by molar-refractivity contribution is 5.77. The third kappa shape index (κ3) is 5.85. The lowest BCUT2D eigenvalue weighted by Crippen LogP contribution is -2.69. The SMILES string of the molecule is COc1cc(O)c2c3c1O[C@H]1[C@@H](N(CCCc4ccccc4)C(=O)CCCCC4CCCCC4)CC[C@H]4[C@@H](C2)N(CC2CC2)CC[C@@]341. The first kappa shape index (κ1) is 31.5. The van der Waals surface area contributed by atoms with Crippen LogP contribution in [-0.2, 0) is 23.1 Å². The van der Waals surface area contributed by atoms with E-state index in [9.17, 15) is 9.90 Å². The topological polar surface area (TPSA) is 62.2 Å². The largest absolute Gasteiger partial charge is 0.508 e. The van der Waals surface area contributed by atoms with Gasteiger partial charge >= 0.3 is 0 Å². The van der Waals surface area contributed by atoms with Crippen molar-refractivity contribution in [1.29, 1.82) is 0 Å². The number of methoxy groups -OCH3 is 1. The van der Waals surface area contributed by atoms with Crippen molar-refractivity contribution in [3.8, 4) is 17.2 Å². The Kier molecular flexibility index (Phi) is 8.92. The monoisotopic (exact) mass is 640 g/mol. The van der Waals surface area contributed by atoms with Gasteiger partial charge in [-0.25, -0.2) is 0 Å². The van der Waals surface area contributed by atoms with Gasteiger partial charge in [-0.05, 0) is 87.6 Å². The number of phenols is 1. The number of amides is 1. The molecule has 4 fully saturated rings. The van der Waals surface area contributed by atoms with Gasteiger partial charge in [0.15, 0.2) is 11.5 Å². The molecule has 0 unspecified atom stereocenters. The number of nitrogens with zero attached hydrogens (tertiary/aromatic N) is 2. The van der Waals surface area contributed by atoms with Crippen LogP contribution in [0.4, 0.5) is 0 Å². The van der Waals surface area contributed by atoms with Crippen LogP contribution in [0.3, 0.4) is 0 Å². The molecule has 5 atom stereocenters. The van der Waals surface area contributed by atoms with Crippen LogP contribution >= 0.6 is 0 Å². The highest BCUT2D eigenvalue weighted by atomic mass is 16.5. The highest BCUT2D eigenvalue weighted by Crippen LogP contribution is 2.66. The van der Waals surface area contributed by atoms with Crippen LogP contribution in [0, 0.1) is 17.8 Å². The van der Waals surface area contributed by atoms with Gasteiger partial charge in [-0.1, -0.05) is 75.3 Å². The molecule has 6 heteroatoms. The molecule has 2 aromatic carbocycles. The first-order chi connectivity index (χ1) is 23.1. The van der Waals surface area contributed by atoms with Crippen molar-refractivity contribution in [1.82, 2.24) is 9.80 Å². The maximum Gasteiger partial charge on any atom is 0.222 e. The van der Waals surface area contributed by atoms with Gasteiger partial charge in [0.2, 0.25) is 5.91 Å². The van der Waals surface area contributed by atoms with Crippen LogP contribution in [0.25, 0.3) is 0 Å². The van der Waals surface area contributed by atoms with E-state index in [0.717, 1.165) is 87.6 Å². The smallest absolute Gasteiger partial charge is 0.222 e. The van der Waals surface area contributed by atoms with Gasteiger partial charge < -0.3 is 19.5 Å². The molecule has 254 valence electrons. The predicted octanol–water partition coefficient (Wildman–Crippen LogP) is 7.82. The summed E-state index contributed by atoms with van der Waals surface area (Å²) < 4.78 is 13.0. The molecular weight excluding hydrogens is 584 g/mol. The zero-order chi connectivity index (χ0) is 32.0. The molecule has 1 N–H and O–H groups in total. The molecule has 8 rings (SSSR count). The van der Waals surface area contributed by atoms with Crippen LogP contribution in [0.2, 0.25) is 0 Å². The summed E-state index contributed by atoms with van der Waals surface area (Å²) in [4.78, 5) is 19.4. The van der Waals surface area contributed by atoms with Crippen molar-refractivity contribution >= 4 is 5.91 Å². The first-order valence-corrected chi connectivity index (χ1v) is 19.2. The Labute approximate surface area is 282 Å². The third-order valence-electron chi connectivity index (χ3n) is 13.3. The average molecular weight is 641 g/mol. The van der Waals surface area contributed by atoms with E-state index in [4.69, 9.17) is 9.47 Å². The Morgan fingerprint density at radius 1 is 1.02 bits per heavy atom. The molecule has 1 spiro atoms. The summed E-state index contributed by atoms with van der Waals surface area (Å²) >= 11 is 0. The standard InChI is InChI=1S/C41H56N2O4/c1-46-36-26-35(44)31-25-34-32-20-21-33(40-41(32,38(31)39(36)47-40)22-24-42(34)27-30-18-19-30)43(23-10-16-29-13-6-3-7-14-29)37(45)17-9-8-15-28-11-4-2-5-12-28/h3,6-7,13-14,26,28,30,32-34,40,44H,2,4-5,8-12,15-25,27H2,1H3/t32-,33-,34+,40-,41-/m0/s1. The van der Waals surface area contributed by atoms with E-state index < -0.39 is 0 Å². The number of unbranched alkanes of at least 4 members (excludes halogenated alkanes) is 1. The number of aryl methyl sites for hydroxylation is 1. The maximum absolute atomic E-state index is 14.4. The van der Waals surface area contributed by atoms with Gasteiger partial charge in [0.05, 0.1) is 13.2 Å². The molecule has 6 aliphatic rings. The number of carbonyl (C=O) groups excluding carboxylic acids is 1. The van der Waals surface area contributed by atoms with Crippen LogP contribution in [0.15, 0.2) is 36.4 Å². The van der Waals surface area contributed by atoms with E-state index in [-0.39, 0.29) is 17.6 Å². The predicted molar refractivity (Wildman–Crippen MR) is 185 cm³/mol. The molecule has 1 saturated heterocycles. The second kappa shape index (κ2) is 13.3. The lowest BCUT2D eigenvalue weighted by Gasteiger charge is -2.60. The summed E-state index contributed by atoms with van der Waals surface area (Å²) in [5, 5.41) is 11.4. The van der Waals surface area contributed by atoms with Crippen LogP contribution in [0.5, 0.6) is 17.2 Å². The summed E-state index contributed by atoms with van der Waals surface area (Å²) in [6.45, 7) is 3.03. The summed E-state index contributed by atoms with van der Waals surface area (Å²) in [6, 6.07) is 13.0. The third-order valence-corrected chi connectivity index (χ3v) is 13.3. The number of aromatic hydroxyl groups is 1. The second-order valence-electron chi connectivity index (χ2n) is 16.0. The molecule has 3 saturated carbocycles. The van der Waals surface area contributed by atoms with E-state index >= 15 is 0 Å². The van der Waals surface area contributed by atoms with Gasteiger partial charge in [0.1, 0.15) is 11.9 Å². The molecule has 2 aromatic rings. The quantitative estimate of drug-likeness (QED) is 0.226. The molecule has 4 aliphatic carbocycles. The van der Waals surface area contributed by atoms with Gasteiger partial charge in [-0.2, -0.15) is 0 Å². The van der Waals surface area contributed by atoms with Crippen molar-refractivity contribution in [2.75, 3.05) is 26.7 Å². The summed E-state index contributed by atoms with van der Waals surface area (Å²) in [5.74, 6) is 4.35. The zero-order valence-corrected chi connectivity index (χ0v) is 28.6. The number of likely N-dealkylation sites (tertiary alicyclic amines) is 1. The number of piperidine rings is 1. The van der Waals surface area contributed by atoms with Crippen LogP contribution < -0.4 is 9.47 Å². The number of rotatable bonds is 13. The second-order valence-corrected chi connectivity index (χ2v) is 16.0. The van der Waals surface area contributed by atoms with E-state index in [1.54, 1.807) is 13.2 Å². The lowest BCUT2D eigenvalue weighted by atomic mass is 9.50. The van der Waals surface area contributed by atoms with Crippen molar-refractivity contribution in [2.24, 2.45) is 17.8 Å². The Balaban J connectivity index is 1.07. The summed E-state index contributed by atoms with van der Waals surface area (Å²) in [6.07, 6.45) is 19.6. The number of hydrogen-bond acceptors (Lipinski definition) is 5. The normalized spacial score (nSPS) is 29.6. The molecule has 1 amide bonds. The zero-order valence-electron chi connectivity index (χ0n) is 28.6. The van der Waals surface area contributed by atoms with Crippen molar-refractivity contribution in [3.63, 3.8) is 0 Å². The molecule has 0 aromatic heterocycles. The van der Waals surface area contributed by atoms with E-state index in [0.29, 0.717) is 35.8 Å². The Bertz CT molecular complexity index is 1420. The van der Waals surface area contributed by atoms with Gasteiger partial charge in [0.25, 0.3) is 0 Å². The summed E-state index contributed by atoms with van der Waals surface area (Å²) in [5.41, 5.74) is 3.46. The average Bonchev–Trinajstić information content (AvgIpc) is 3.86. The van der Waals surface area contributed by atoms with Gasteiger partial charge in [0, 0.05) is 48.2 Å².